The minimum Gasteiger partial charge on any atom is -0.346 e. The zero-order chi connectivity index (χ0) is 19.6. The van der Waals surface area contributed by atoms with Gasteiger partial charge >= 0.3 is 0 Å². The van der Waals surface area contributed by atoms with Gasteiger partial charge in [0.1, 0.15) is 0 Å². The predicted molar refractivity (Wildman–Crippen MR) is 106 cm³/mol. The normalized spacial score (nSPS) is 12.5. The number of benzene rings is 2. The molecule has 0 saturated heterocycles. The smallest absolute Gasteiger partial charge is 0.251 e. The maximum atomic E-state index is 12.7. The summed E-state index contributed by atoms with van der Waals surface area (Å²) < 4.78 is 24.8. The molecule has 0 fully saturated rings. The van der Waals surface area contributed by atoms with Gasteiger partial charge in [-0.25, -0.2) is 8.42 Å². The van der Waals surface area contributed by atoms with Crippen LogP contribution >= 0.6 is 0 Å². The van der Waals surface area contributed by atoms with E-state index in [1.807, 2.05) is 39.8 Å². The quantitative estimate of drug-likeness (QED) is 0.871. The van der Waals surface area contributed by atoms with Gasteiger partial charge in [-0.2, -0.15) is 0 Å². The Morgan fingerprint density at radius 2 is 1.69 bits per heavy atom. The second-order valence-corrected chi connectivity index (χ2v) is 8.80. The second kappa shape index (κ2) is 7.50. The van der Waals surface area contributed by atoms with Crippen molar-refractivity contribution < 1.29 is 13.2 Å². The molecule has 5 nitrogen and oxygen atoms in total. The molecule has 0 aliphatic carbocycles. The van der Waals surface area contributed by atoms with Gasteiger partial charge in [0.05, 0.1) is 18.0 Å². The number of nitrogens with one attached hydrogen (secondary N) is 1. The highest BCUT2D eigenvalue weighted by Crippen LogP contribution is 2.24. The summed E-state index contributed by atoms with van der Waals surface area (Å²) in [4.78, 5) is 12.7. The van der Waals surface area contributed by atoms with Crippen molar-refractivity contribution in [3.05, 3.63) is 64.2 Å². The van der Waals surface area contributed by atoms with E-state index in [1.165, 1.54) is 16.9 Å². The molecule has 0 saturated carbocycles. The molecule has 1 amide bonds. The monoisotopic (exact) mass is 374 g/mol. The van der Waals surface area contributed by atoms with E-state index in [-0.39, 0.29) is 11.9 Å². The average Bonchev–Trinajstić information content (AvgIpc) is 2.53. The number of rotatable bonds is 5. The number of aryl methyl sites for hydroxylation is 3. The van der Waals surface area contributed by atoms with Crippen LogP contribution in [0.4, 0.5) is 5.69 Å². The number of nitrogens with zero attached hydrogens (tertiary/aromatic N) is 1. The van der Waals surface area contributed by atoms with E-state index < -0.39 is 10.0 Å². The fraction of sp³-hybridized carbons (Fsp3) is 0.350. The number of hydrogen-bond donors (Lipinski definition) is 1. The fourth-order valence-electron chi connectivity index (χ4n) is 2.94. The van der Waals surface area contributed by atoms with Crippen molar-refractivity contribution in [1.29, 1.82) is 0 Å². The second-order valence-electron chi connectivity index (χ2n) is 6.79. The molecule has 6 heteroatoms. The van der Waals surface area contributed by atoms with Crippen molar-refractivity contribution >= 4 is 21.6 Å². The van der Waals surface area contributed by atoms with Crippen molar-refractivity contribution in [3.63, 3.8) is 0 Å². The molecule has 0 aliphatic rings. The molecule has 0 aliphatic heterocycles. The highest BCUT2D eigenvalue weighted by Gasteiger charge is 2.18. The maximum Gasteiger partial charge on any atom is 0.251 e. The first-order valence-electron chi connectivity index (χ1n) is 8.43. The van der Waals surface area contributed by atoms with Crippen molar-refractivity contribution in [1.82, 2.24) is 5.32 Å². The summed E-state index contributed by atoms with van der Waals surface area (Å²) in [5.74, 6) is -0.236. The van der Waals surface area contributed by atoms with Crippen LogP contribution in [0.15, 0.2) is 36.4 Å². The summed E-state index contributed by atoms with van der Waals surface area (Å²) >= 11 is 0. The molecule has 0 bridgehead atoms. The van der Waals surface area contributed by atoms with Gasteiger partial charge in [0.25, 0.3) is 5.91 Å². The number of carbonyl (C=O) groups excluding carboxylic acids is 1. The highest BCUT2D eigenvalue weighted by molar-refractivity contribution is 7.92. The molecule has 140 valence electrons. The summed E-state index contributed by atoms with van der Waals surface area (Å²) in [6.45, 7) is 7.81. The van der Waals surface area contributed by atoms with Crippen LogP contribution in [-0.4, -0.2) is 27.6 Å². The maximum absolute atomic E-state index is 12.7. The number of hydrogen-bond acceptors (Lipinski definition) is 3. The number of carbonyl (C=O) groups is 1. The number of sulfonamides is 1. The van der Waals surface area contributed by atoms with Gasteiger partial charge in [0.15, 0.2) is 0 Å². The van der Waals surface area contributed by atoms with Crippen LogP contribution < -0.4 is 9.62 Å². The van der Waals surface area contributed by atoms with Gasteiger partial charge in [-0.1, -0.05) is 29.8 Å². The molecule has 2 aromatic carbocycles. The predicted octanol–water partition coefficient (Wildman–Crippen LogP) is 3.50. The minimum absolute atomic E-state index is 0.152. The third kappa shape index (κ3) is 4.43. The van der Waals surface area contributed by atoms with Gasteiger partial charge < -0.3 is 5.32 Å². The zero-order valence-electron chi connectivity index (χ0n) is 16.1. The van der Waals surface area contributed by atoms with E-state index >= 15 is 0 Å². The first-order valence-corrected chi connectivity index (χ1v) is 10.3. The molecule has 2 rings (SSSR count). The van der Waals surface area contributed by atoms with E-state index in [0.29, 0.717) is 11.3 Å². The molecular formula is C20H26N2O3S. The first kappa shape index (κ1) is 20.0. The standard InChI is InChI=1S/C20H26N2O3S/c1-13-7-10-18(15(3)11-13)16(4)21-20(23)17-9-8-14(2)19(12-17)22(5)26(6,24)25/h7-12,16H,1-6H3,(H,21,23). The lowest BCUT2D eigenvalue weighted by Crippen LogP contribution is -2.28. The van der Waals surface area contributed by atoms with Crippen molar-refractivity contribution in [3.8, 4) is 0 Å². The molecular weight excluding hydrogens is 348 g/mol. The summed E-state index contributed by atoms with van der Waals surface area (Å²) in [6, 6.07) is 11.1. The first-order chi connectivity index (χ1) is 12.0. The molecule has 26 heavy (non-hydrogen) atoms. The Bertz CT molecular complexity index is 936. The van der Waals surface area contributed by atoms with Crippen LogP contribution in [0.1, 0.15) is 45.6 Å². The Morgan fingerprint density at radius 3 is 2.27 bits per heavy atom. The molecule has 0 radical (unpaired) electrons. The summed E-state index contributed by atoms with van der Waals surface area (Å²) in [6.07, 6.45) is 1.14. The lowest BCUT2D eigenvalue weighted by Gasteiger charge is -2.21. The number of anilines is 1. The van der Waals surface area contributed by atoms with E-state index in [9.17, 15) is 13.2 Å². The Morgan fingerprint density at radius 1 is 1.04 bits per heavy atom. The Hall–Kier alpha value is -2.34. The van der Waals surface area contributed by atoms with Crippen molar-refractivity contribution in [2.45, 2.75) is 33.7 Å². The molecule has 0 spiro atoms. The van der Waals surface area contributed by atoms with Crippen LogP contribution in [0.3, 0.4) is 0 Å². The van der Waals surface area contributed by atoms with Crippen molar-refractivity contribution in [2.24, 2.45) is 0 Å². The van der Waals surface area contributed by atoms with Gasteiger partial charge in [0, 0.05) is 12.6 Å². The van der Waals surface area contributed by atoms with Crippen LogP contribution in [0.2, 0.25) is 0 Å². The van der Waals surface area contributed by atoms with E-state index in [0.717, 1.165) is 22.9 Å². The molecule has 0 heterocycles. The van der Waals surface area contributed by atoms with Gasteiger partial charge in [-0.05, 0) is 56.5 Å². The van der Waals surface area contributed by atoms with Crippen LogP contribution in [-0.2, 0) is 10.0 Å². The zero-order valence-corrected chi connectivity index (χ0v) is 16.9. The molecule has 1 atom stereocenters. The molecule has 1 N–H and O–H groups in total. The third-order valence-corrected chi connectivity index (χ3v) is 5.74. The molecule has 0 aromatic heterocycles. The Labute approximate surface area is 156 Å². The third-order valence-electron chi connectivity index (χ3n) is 4.55. The van der Waals surface area contributed by atoms with Crippen LogP contribution in [0.5, 0.6) is 0 Å². The molecule has 2 aromatic rings. The largest absolute Gasteiger partial charge is 0.346 e. The lowest BCUT2D eigenvalue weighted by molar-refractivity contribution is 0.0940. The van der Waals surface area contributed by atoms with Gasteiger partial charge in [0.2, 0.25) is 10.0 Å². The van der Waals surface area contributed by atoms with Gasteiger partial charge in [-0.15, -0.1) is 0 Å². The highest BCUT2D eigenvalue weighted by atomic mass is 32.2. The van der Waals surface area contributed by atoms with Gasteiger partial charge in [-0.3, -0.25) is 9.10 Å². The Balaban J connectivity index is 2.27. The SMILES string of the molecule is Cc1ccc(C(C)NC(=O)c2ccc(C)c(N(C)S(C)(=O)=O)c2)c(C)c1. The van der Waals surface area contributed by atoms with Crippen molar-refractivity contribution in [2.75, 3.05) is 17.6 Å². The summed E-state index contributed by atoms with van der Waals surface area (Å²) in [5, 5.41) is 2.99. The topological polar surface area (TPSA) is 66.5 Å². The van der Waals surface area contributed by atoms with E-state index in [2.05, 4.69) is 11.4 Å². The fourth-order valence-corrected chi connectivity index (χ4v) is 3.49. The van der Waals surface area contributed by atoms with E-state index in [1.54, 1.807) is 18.2 Å². The Kier molecular flexibility index (Phi) is 5.76. The van der Waals surface area contributed by atoms with Crippen LogP contribution in [0, 0.1) is 20.8 Å². The summed E-state index contributed by atoms with van der Waals surface area (Å²) in [7, 11) is -1.91. The average molecular weight is 375 g/mol. The molecule has 1 unspecified atom stereocenters. The van der Waals surface area contributed by atoms with E-state index in [4.69, 9.17) is 0 Å². The minimum atomic E-state index is -3.39. The lowest BCUT2D eigenvalue weighted by atomic mass is 10.00. The van der Waals surface area contributed by atoms with Crippen LogP contribution in [0.25, 0.3) is 0 Å². The summed E-state index contributed by atoms with van der Waals surface area (Å²) in [5.41, 5.74) is 5.08. The number of amides is 1.